The second kappa shape index (κ2) is 12.2. The van der Waals surface area contributed by atoms with Gasteiger partial charge in [-0.15, -0.1) is 0 Å². The van der Waals surface area contributed by atoms with Crippen LogP contribution in [0.3, 0.4) is 0 Å². The van der Waals surface area contributed by atoms with Crippen molar-refractivity contribution >= 4 is 29.1 Å². The van der Waals surface area contributed by atoms with Gasteiger partial charge in [-0.2, -0.15) is 0 Å². The Labute approximate surface area is 262 Å². The number of ether oxygens (including phenoxy) is 5. The summed E-state index contributed by atoms with van der Waals surface area (Å²) in [6.45, 7) is 3.79. The SMILES string of the molecule is COc1cc(C(=O)N2CO[C@](CCN3CCC4(CC3)OCc3ccccc34)(c3ccc(Cl)c(Cl)c3)C2)cc(OC)c1OC. The van der Waals surface area contributed by atoms with Crippen LogP contribution in [0.4, 0.5) is 0 Å². The number of carbonyl (C=O) groups excluding carboxylic acids is 1. The van der Waals surface area contributed by atoms with Crippen molar-refractivity contribution in [3.05, 3.63) is 86.9 Å². The molecule has 10 heteroatoms. The summed E-state index contributed by atoms with van der Waals surface area (Å²) in [6.07, 6.45) is 2.56. The van der Waals surface area contributed by atoms with Crippen LogP contribution in [0, 0.1) is 0 Å². The van der Waals surface area contributed by atoms with Crippen molar-refractivity contribution in [2.75, 3.05) is 54.2 Å². The molecule has 2 saturated heterocycles. The predicted molar refractivity (Wildman–Crippen MR) is 164 cm³/mol. The molecule has 0 aliphatic carbocycles. The first-order valence-electron chi connectivity index (χ1n) is 14.4. The lowest BCUT2D eigenvalue weighted by Crippen LogP contribution is -2.45. The number of likely N-dealkylation sites (tertiary alicyclic amines) is 1. The van der Waals surface area contributed by atoms with Gasteiger partial charge in [-0.1, -0.05) is 53.5 Å². The number of benzene rings is 3. The smallest absolute Gasteiger partial charge is 0.256 e. The Bertz CT molecular complexity index is 1480. The zero-order valence-corrected chi connectivity index (χ0v) is 26.2. The summed E-state index contributed by atoms with van der Waals surface area (Å²) in [4.78, 5) is 18.0. The second-order valence-electron chi connectivity index (χ2n) is 11.3. The number of halogens is 2. The molecule has 1 atom stereocenters. The number of hydrogen-bond donors (Lipinski definition) is 0. The maximum atomic E-state index is 13.8. The summed E-state index contributed by atoms with van der Waals surface area (Å²) in [5, 5.41) is 0.926. The molecule has 8 nitrogen and oxygen atoms in total. The van der Waals surface area contributed by atoms with Gasteiger partial charge in [0.25, 0.3) is 5.91 Å². The molecule has 3 aromatic carbocycles. The van der Waals surface area contributed by atoms with Crippen molar-refractivity contribution in [3.63, 3.8) is 0 Å². The van der Waals surface area contributed by atoms with E-state index < -0.39 is 5.60 Å². The van der Waals surface area contributed by atoms with Crippen LogP contribution in [0.5, 0.6) is 17.2 Å². The number of amides is 1. The molecular weight excluding hydrogens is 591 g/mol. The van der Waals surface area contributed by atoms with Gasteiger partial charge in [-0.05, 0) is 60.2 Å². The molecule has 228 valence electrons. The standard InChI is InChI=1S/C33H36Cl2N2O6/c1-39-28-16-23(17-29(40-2)30(28)41-3)31(38)37-20-33(43-21-37,24-8-9-26(34)27(35)18-24)12-15-36-13-10-32(11-14-36)25-7-5-4-6-22(25)19-42-32/h4-9,16-18H,10-15,19-21H2,1-3H3/t33-/m0/s1. The number of methoxy groups -OCH3 is 3. The summed E-state index contributed by atoms with van der Waals surface area (Å²) in [7, 11) is 4.59. The van der Waals surface area contributed by atoms with Gasteiger partial charge in [0.2, 0.25) is 5.75 Å². The van der Waals surface area contributed by atoms with Crippen molar-refractivity contribution < 1.29 is 28.5 Å². The zero-order chi connectivity index (χ0) is 30.2. The normalized spacial score (nSPS) is 21.2. The van der Waals surface area contributed by atoms with Crippen molar-refractivity contribution in [3.8, 4) is 17.2 Å². The number of carbonyl (C=O) groups is 1. The quantitative estimate of drug-likeness (QED) is 0.292. The van der Waals surface area contributed by atoms with Gasteiger partial charge < -0.3 is 33.5 Å². The largest absolute Gasteiger partial charge is 0.493 e. The fraction of sp³-hybridized carbons (Fsp3) is 0.424. The van der Waals surface area contributed by atoms with Gasteiger partial charge in [0.05, 0.1) is 50.1 Å². The minimum Gasteiger partial charge on any atom is -0.493 e. The van der Waals surface area contributed by atoms with Gasteiger partial charge in [0.15, 0.2) is 11.5 Å². The average Bonchev–Trinajstić information content (AvgIpc) is 3.64. The molecule has 0 aromatic heterocycles. The molecule has 0 unspecified atom stereocenters. The zero-order valence-electron chi connectivity index (χ0n) is 24.7. The highest BCUT2D eigenvalue weighted by Gasteiger charge is 2.45. The van der Waals surface area contributed by atoms with Gasteiger partial charge in [-0.3, -0.25) is 4.79 Å². The summed E-state index contributed by atoms with van der Waals surface area (Å²) >= 11 is 12.7. The lowest BCUT2D eigenvalue weighted by atomic mass is 9.83. The third-order valence-corrected chi connectivity index (χ3v) is 9.83. The Kier molecular flexibility index (Phi) is 8.50. The number of hydrogen-bond acceptors (Lipinski definition) is 7. The lowest BCUT2D eigenvalue weighted by molar-refractivity contribution is -0.0824. The van der Waals surface area contributed by atoms with Crippen LogP contribution in [-0.2, 0) is 27.3 Å². The van der Waals surface area contributed by atoms with E-state index in [-0.39, 0.29) is 18.2 Å². The number of nitrogens with zero attached hydrogens (tertiary/aromatic N) is 2. The molecule has 1 amide bonds. The third kappa shape index (κ3) is 5.56. The highest BCUT2D eigenvalue weighted by atomic mass is 35.5. The first-order chi connectivity index (χ1) is 20.8. The van der Waals surface area contributed by atoms with E-state index in [9.17, 15) is 4.79 Å². The van der Waals surface area contributed by atoms with Crippen LogP contribution in [0.1, 0.15) is 46.3 Å². The van der Waals surface area contributed by atoms with Crippen LogP contribution < -0.4 is 14.2 Å². The Morgan fingerprint density at radius 3 is 2.30 bits per heavy atom. The fourth-order valence-electron chi connectivity index (χ4n) is 6.64. The first kappa shape index (κ1) is 30.0. The minimum absolute atomic E-state index is 0.128. The molecule has 3 aromatic rings. The molecule has 0 bridgehead atoms. The minimum atomic E-state index is -0.754. The number of rotatable bonds is 8. The molecule has 3 aliphatic rings. The first-order valence-corrected chi connectivity index (χ1v) is 15.2. The van der Waals surface area contributed by atoms with Gasteiger partial charge in [-0.25, -0.2) is 0 Å². The fourth-order valence-corrected chi connectivity index (χ4v) is 6.94. The maximum absolute atomic E-state index is 13.8. The Morgan fingerprint density at radius 1 is 0.907 bits per heavy atom. The lowest BCUT2D eigenvalue weighted by Gasteiger charge is -2.40. The molecule has 3 aliphatic heterocycles. The van der Waals surface area contributed by atoms with Crippen LogP contribution in [0.25, 0.3) is 0 Å². The van der Waals surface area contributed by atoms with Crippen molar-refractivity contribution in [2.45, 2.75) is 37.1 Å². The second-order valence-corrected chi connectivity index (χ2v) is 12.2. The monoisotopic (exact) mass is 626 g/mol. The molecule has 0 saturated carbocycles. The summed E-state index contributed by atoms with van der Waals surface area (Å²) in [5.74, 6) is 1.06. The van der Waals surface area contributed by atoms with Crippen molar-refractivity contribution in [2.24, 2.45) is 0 Å². The molecule has 1 spiro atoms. The van der Waals surface area contributed by atoms with Crippen molar-refractivity contribution in [1.29, 1.82) is 0 Å². The highest BCUT2D eigenvalue weighted by molar-refractivity contribution is 6.42. The Balaban J connectivity index is 1.20. The van der Waals surface area contributed by atoms with E-state index in [2.05, 4.69) is 29.2 Å². The summed E-state index contributed by atoms with van der Waals surface area (Å²) < 4.78 is 29.3. The van der Waals surface area contributed by atoms with E-state index in [0.29, 0.717) is 52.4 Å². The molecular formula is C33H36Cl2N2O6. The van der Waals surface area contributed by atoms with Gasteiger partial charge >= 0.3 is 0 Å². The van der Waals surface area contributed by atoms with Crippen LogP contribution in [-0.4, -0.2) is 69.9 Å². The Morgan fingerprint density at radius 2 is 1.63 bits per heavy atom. The highest BCUT2D eigenvalue weighted by Crippen LogP contribution is 2.45. The summed E-state index contributed by atoms with van der Waals surface area (Å²) in [6, 6.07) is 17.5. The molecule has 0 radical (unpaired) electrons. The van der Waals surface area contributed by atoms with E-state index in [1.54, 1.807) is 23.1 Å². The van der Waals surface area contributed by atoms with E-state index in [1.807, 2.05) is 12.1 Å². The van der Waals surface area contributed by atoms with Crippen LogP contribution in [0.2, 0.25) is 10.0 Å². The molecule has 0 N–H and O–H groups in total. The molecule has 6 rings (SSSR count). The van der Waals surface area contributed by atoms with E-state index >= 15 is 0 Å². The summed E-state index contributed by atoms with van der Waals surface area (Å²) in [5.41, 5.74) is 3.00. The number of fused-ring (bicyclic) bond motifs is 2. The topological polar surface area (TPSA) is 69.7 Å². The van der Waals surface area contributed by atoms with Crippen molar-refractivity contribution in [1.82, 2.24) is 9.80 Å². The van der Waals surface area contributed by atoms with E-state index in [1.165, 1.54) is 32.5 Å². The molecule has 2 fully saturated rings. The van der Waals surface area contributed by atoms with Gasteiger partial charge in [0, 0.05) is 25.2 Å². The van der Waals surface area contributed by atoms with Gasteiger partial charge in [0.1, 0.15) is 12.3 Å². The van der Waals surface area contributed by atoms with E-state index in [0.717, 1.165) is 38.0 Å². The van der Waals surface area contributed by atoms with E-state index in [4.69, 9.17) is 46.9 Å². The predicted octanol–water partition coefficient (Wildman–Crippen LogP) is 6.26. The number of piperidine rings is 1. The molecule has 43 heavy (non-hydrogen) atoms. The van der Waals surface area contributed by atoms with Crippen LogP contribution in [0.15, 0.2) is 54.6 Å². The van der Waals surface area contributed by atoms with Crippen LogP contribution >= 0.6 is 23.2 Å². The Hall–Kier alpha value is -3.01. The average molecular weight is 628 g/mol. The third-order valence-electron chi connectivity index (χ3n) is 9.10. The molecule has 3 heterocycles. The maximum Gasteiger partial charge on any atom is 0.256 e.